The van der Waals surface area contributed by atoms with E-state index in [9.17, 15) is 9.59 Å². The summed E-state index contributed by atoms with van der Waals surface area (Å²) < 4.78 is 11.9. The fourth-order valence-electron chi connectivity index (χ4n) is 2.88. The highest BCUT2D eigenvalue weighted by atomic mass is 35.5. The predicted molar refractivity (Wildman–Crippen MR) is 119 cm³/mol. The number of para-hydroxylation sites is 1. The minimum atomic E-state index is -0.247. The van der Waals surface area contributed by atoms with Gasteiger partial charge in [-0.3, -0.25) is 14.2 Å². The molecule has 0 atom stereocenters. The van der Waals surface area contributed by atoms with E-state index >= 15 is 0 Å². The third kappa shape index (κ3) is 4.77. The number of nitrogens with one attached hydrogen (secondary N) is 1. The summed E-state index contributed by atoms with van der Waals surface area (Å²) >= 11 is 7.42. The first kappa shape index (κ1) is 22.1. The van der Waals surface area contributed by atoms with Gasteiger partial charge in [0.15, 0.2) is 5.16 Å². The van der Waals surface area contributed by atoms with Crippen molar-refractivity contribution >= 4 is 40.2 Å². The minimum Gasteiger partial charge on any atom is -0.495 e. The van der Waals surface area contributed by atoms with Crippen molar-refractivity contribution in [2.75, 3.05) is 33.1 Å². The number of aryl methyl sites for hydroxylation is 1. The Kier molecular flexibility index (Phi) is 7.36. The highest BCUT2D eigenvalue weighted by Crippen LogP contribution is 2.31. The zero-order chi connectivity index (χ0) is 21.7. The Morgan fingerprint density at radius 1 is 1.27 bits per heavy atom. The Bertz CT molecular complexity index is 1130. The number of carbonyl (C=O) groups is 1. The molecule has 2 aromatic carbocycles. The van der Waals surface area contributed by atoms with Crippen LogP contribution in [0.15, 0.2) is 46.3 Å². The molecule has 0 aliphatic heterocycles. The largest absolute Gasteiger partial charge is 0.495 e. The van der Waals surface area contributed by atoms with Crippen LogP contribution < -0.4 is 15.6 Å². The van der Waals surface area contributed by atoms with Gasteiger partial charge in [-0.1, -0.05) is 35.5 Å². The number of rotatable bonds is 8. The summed E-state index contributed by atoms with van der Waals surface area (Å²) in [5, 5.41) is 4.16. The molecule has 1 amide bonds. The average Bonchev–Trinajstić information content (AvgIpc) is 2.74. The quantitative estimate of drug-likeness (QED) is 0.324. The van der Waals surface area contributed by atoms with Gasteiger partial charge in [-0.25, -0.2) is 4.98 Å². The van der Waals surface area contributed by atoms with E-state index in [1.807, 2.05) is 13.0 Å². The fourth-order valence-corrected chi connectivity index (χ4v) is 3.87. The number of amides is 1. The Balaban J connectivity index is 2.10. The molecule has 1 heterocycles. The molecule has 0 radical (unpaired) electrons. The lowest BCUT2D eigenvalue weighted by Gasteiger charge is -2.17. The molecule has 7 nitrogen and oxygen atoms in total. The van der Waals surface area contributed by atoms with Crippen molar-refractivity contribution in [3.63, 3.8) is 0 Å². The van der Waals surface area contributed by atoms with Crippen LogP contribution in [0.1, 0.15) is 5.56 Å². The molecule has 0 bridgehead atoms. The normalized spacial score (nSPS) is 10.9. The fraction of sp³-hybridized carbons (Fsp3) is 0.286. The van der Waals surface area contributed by atoms with E-state index in [0.717, 1.165) is 5.56 Å². The van der Waals surface area contributed by atoms with Gasteiger partial charge in [-0.2, -0.15) is 0 Å². The summed E-state index contributed by atoms with van der Waals surface area (Å²) in [5.41, 5.74) is 1.62. The number of methoxy groups -OCH3 is 2. The molecule has 0 spiro atoms. The van der Waals surface area contributed by atoms with Crippen LogP contribution in [-0.2, 0) is 9.53 Å². The molecule has 3 aromatic rings. The second-order valence-electron chi connectivity index (χ2n) is 6.46. The molecular weight excluding hydrogens is 426 g/mol. The summed E-state index contributed by atoms with van der Waals surface area (Å²) in [4.78, 5) is 30.2. The van der Waals surface area contributed by atoms with Crippen LogP contribution in [0.3, 0.4) is 0 Å². The average molecular weight is 448 g/mol. The van der Waals surface area contributed by atoms with Crippen molar-refractivity contribution in [2.24, 2.45) is 0 Å². The van der Waals surface area contributed by atoms with Crippen LogP contribution in [0, 0.1) is 6.92 Å². The van der Waals surface area contributed by atoms with Crippen LogP contribution in [0.5, 0.6) is 5.75 Å². The molecule has 0 aliphatic rings. The lowest BCUT2D eigenvalue weighted by atomic mass is 10.2. The molecule has 0 saturated carbocycles. The van der Waals surface area contributed by atoms with E-state index in [1.165, 1.54) is 23.4 Å². The van der Waals surface area contributed by atoms with E-state index in [1.54, 1.807) is 37.4 Å². The van der Waals surface area contributed by atoms with Gasteiger partial charge < -0.3 is 14.8 Å². The minimum absolute atomic E-state index is 0.101. The van der Waals surface area contributed by atoms with Crippen molar-refractivity contribution < 1.29 is 14.3 Å². The first-order valence-corrected chi connectivity index (χ1v) is 10.6. The number of halogens is 1. The Hall–Kier alpha value is -2.55. The maximum absolute atomic E-state index is 13.4. The van der Waals surface area contributed by atoms with Gasteiger partial charge in [0, 0.05) is 24.7 Å². The van der Waals surface area contributed by atoms with Gasteiger partial charge in [-0.05, 0) is 30.7 Å². The molecule has 0 unspecified atom stereocenters. The van der Waals surface area contributed by atoms with Gasteiger partial charge in [0.05, 0.1) is 36.1 Å². The predicted octanol–water partition coefficient (Wildman–Crippen LogP) is 3.21. The molecule has 1 aromatic heterocycles. The second kappa shape index (κ2) is 9.97. The van der Waals surface area contributed by atoms with Crippen LogP contribution in [-0.4, -0.2) is 48.6 Å². The highest BCUT2D eigenvalue weighted by Gasteiger charge is 2.18. The summed E-state index contributed by atoms with van der Waals surface area (Å²) in [6.45, 7) is 2.69. The van der Waals surface area contributed by atoms with Crippen LogP contribution in [0.2, 0.25) is 5.02 Å². The molecular formula is C21H22ClN3O4S. The Morgan fingerprint density at radius 3 is 2.77 bits per heavy atom. The monoisotopic (exact) mass is 447 g/mol. The molecule has 1 N–H and O–H groups in total. The summed E-state index contributed by atoms with van der Waals surface area (Å²) in [5.74, 6) is 0.366. The maximum atomic E-state index is 13.4. The first-order valence-electron chi connectivity index (χ1n) is 9.21. The number of aromatic nitrogens is 2. The molecule has 0 saturated heterocycles. The molecule has 3 rings (SSSR count). The van der Waals surface area contributed by atoms with E-state index in [2.05, 4.69) is 10.3 Å². The highest BCUT2D eigenvalue weighted by molar-refractivity contribution is 7.99. The number of nitrogens with zero attached hydrogens (tertiary/aromatic N) is 2. The SMILES string of the molecule is COCCNC(=O)CSc1nc2ccccc2c(=O)n1-c1cc(C)c(Cl)cc1OC. The van der Waals surface area contributed by atoms with Crippen molar-refractivity contribution in [1.29, 1.82) is 0 Å². The van der Waals surface area contributed by atoms with Crippen LogP contribution >= 0.6 is 23.4 Å². The van der Waals surface area contributed by atoms with E-state index < -0.39 is 0 Å². The number of fused-ring (bicyclic) bond motifs is 1. The van der Waals surface area contributed by atoms with Gasteiger partial charge in [0.2, 0.25) is 5.91 Å². The Labute approximate surface area is 183 Å². The number of hydrogen-bond acceptors (Lipinski definition) is 6. The molecule has 158 valence electrons. The molecule has 0 aliphatic carbocycles. The van der Waals surface area contributed by atoms with Gasteiger partial charge >= 0.3 is 0 Å². The van der Waals surface area contributed by atoms with Gasteiger partial charge in [0.1, 0.15) is 5.75 Å². The zero-order valence-electron chi connectivity index (χ0n) is 16.9. The third-order valence-electron chi connectivity index (χ3n) is 4.41. The summed E-state index contributed by atoms with van der Waals surface area (Å²) in [7, 11) is 3.08. The number of benzene rings is 2. The smallest absolute Gasteiger partial charge is 0.266 e. The van der Waals surface area contributed by atoms with Gasteiger partial charge in [0.25, 0.3) is 5.56 Å². The number of carbonyl (C=O) groups excluding carboxylic acids is 1. The van der Waals surface area contributed by atoms with E-state index in [0.29, 0.717) is 45.7 Å². The third-order valence-corrected chi connectivity index (χ3v) is 5.75. The number of thioether (sulfide) groups is 1. The topological polar surface area (TPSA) is 82.5 Å². The van der Waals surface area contributed by atoms with Crippen LogP contribution in [0.4, 0.5) is 0 Å². The van der Waals surface area contributed by atoms with Crippen molar-refractivity contribution in [3.05, 3.63) is 57.3 Å². The molecule has 9 heteroatoms. The maximum Gasteiger partial charge on any atom is 0.266 e. The second-order valence-corrected chi connectivity index (χ2v) is 7.81. The van der Waals surface area contributed by atoms with Crippen LogP contribution in [0.25, 0.3) is 16.6 Å². The summed E-state index contributed by atoms with van der Waals surface area (Å²) in [6, 6.07) is 10.5. The number of ether oxygens (including phenoxy) is 2. The Morgan fingerprint density at radius 2 is 2.03 bits per heavy atom. The molecule has 0 fully saturated rings. The molecule has 30 heavy (non-hydrogen) atoms. The van der Waals surface area contributed by atoms with Gasteiger partial charge in [-0.15, -0.1) is 0 Å². The van der Waals surface area contributed by atoms with Crippen molar-refractivity contribution in [3.8, 4) is 11.4 Å². The summed E-state index contributed by atoms with van der Waals surface area (Å²) in [6.07, 6.45) is 0. The number of hydrogen-bond donors (Lipinski definition) is 1. The van der Waals surface area contributed by atoms with E-state index in [-0.39, 0.29) is 17.2 Å². The standard InChI is InChI=1S/C21H22ClN3O4S/c1-13-10-17(18(29-3)11-15(13)22)25-20(27)14-6-4-5-7-16(14)24-21(25)30-12-19(26)23-8-9-28-2/h4-7,10-11H,8-9,12H2,1-3H3,(H,23,26). The first-order chi connectivity index (χ1) is 14.5. The zero-order valence-corrected chi connectivity index (χ0v) is 18.5. The van der Waals surface area contributed by atoms with Crippen molar-refractivity contribution in [2.45, 2.75) is 12.1 Å². The lowest BCUT2D eigenvalue weighted by Crippen LogP contribution is -2.29. The lowest BCUT2D eigenvalue weighted by molar-refractivity contribution is -0.118. The van der Waals surface area contributed by atoms with Crippen molar-refractivity contribution in [1.82, 2.24) is 14.9 Å². The van der Waals surface area contributed by atoms with E-state index in [4.69, 9.17) is 21.1 Å².